The van der Waals surface area contributed by atoms with Crippen LogP contribution >= 0.6 is 0 Å². The second kappa shape index (κ2) is 5.74. The van der Waals surface area contributed by atoms with Crippen molar-refractivity contribution in [3.8, 4) is 0 Å². The van der Waals surface area contributed by atoms with Gasteiger partial charge in [-0.3, -0.25) is 0 Å². The molecule has 2 aliphatic heterocycles. The standard InChI is InChI=1S/C14H23N5/c1-2-6-16-13-11-10-15-7-5-12(11)17-14(18-13)19-8-3-4-9-19/h15H,2-10H2,1H3,(H,16,17,18). The molecule has 0 bridgehead atoms. The van der Waals surface area contributed by atoms with Gasteiger partial charge in [-0.2, -0.15) is 4.98 Å². The highest BCUT2D eigenvalue weighted by atomic mass is 15.3. The number of hydrogen-bond donors (Lipinski definition) is 2. The second-order valence-electron chi connectivity index (χ2n) is 5.35. The summed E-state index contributed by atoms with van der Waals surface area (Å²) >= 11 is 0. The average molecular weight is 261 g/mol. The van der Waals surface area contributed by atoms with E-state index in [9.17, 15) is 0 Å². The van der Waals surface area contributed by atoms with Crippen LogP contribution in [0.2, 0.25) is 0 Å². The molecule has 0 radical (unpaired) electrons. The van der Waals surface area contributed by atoms with Crippen LogP contribution in [0.4, 0.5) is 11.8 Å². The van der Waals surface area contributed by atoms with Crippen LogP contribution in [0.3, 0.4) is 0 Å². The Morgan fingerprint density at radius 2 is 2.11 bits per heavy atom. The first-order chi connectivity index (χ1) is 9.38. The van der Waals surface area contributed by atoms with E-state index in [1.165, 1.54) is 24.1 Å². The van der Waals surface area contributed by atoms with Crippen LogP contribution in [0.15, 0.2) is 0 Å². The largest absolute Gasteiger partial charge is 0.370 e. The van der Waals surface area contributed by atoms with Crippen molar-refractivity contribution >= 4 is 11.8 Å². The Labute approximate surface area is 114 Å². The third-order valence-corrected chi connectivity index (χ3v) is 3.85. The molecule has 0 aromatic carbocycles. The van der Waals surface area contributed by atoms with Crippen molar-refractivity contribution in [1.29, 1.82) is 0 Å². The molecule has 0 aliphatic carbocycles. The van der Waals surface area contributed by atoms with E-state index in [1.54, 1.807) is 0 Å². The van der Waals surface area contributed by atoms with Crippen molar-refractivity contribution in [2.45, 2.75) is 39.2 Å². The predicted molar refractivity (Wildman–Crippen MR) is 77.7 cm³/mol. The fourth-order valence-electron chi connectivity index (χ4n) is 2.78. The summed E-state index contributed by atoms with van der Waals surface area (Å²) in [6, 6.07) is 0. The Kier molecular flexibility index (Phi) is 3.82. The molecule has 0 amide bonds. The lowest BCUT2D eigenvalue weighted by Crippen LogP contribution is -2.29. The van der Waals surface area contributed by atoms with Gasteiger partial charge in [0.25, 0.3) is 0 Å². The lowest BCUT2D eigenvalue weighted by molar-refractivity contribution is 0.625. The first-order valence-electron chi connectivity index (χ1n) is 7.48. The Balaban J connectivity index is 1.92. The molecule has 1 aromatic rings. The molecule has 2 N–H and O–H groups in total. The van der Waals surface area contributed by atoms with E-state index in [0.717, 1.165) is 57.3 Å². The van der Waals surface area contributed by atoms with Gasteiger partial charge in [-0.25, -0.2) is 4.98 Å². The number of hydrogen-bond acceptors (Lipinski definition) is 5. The number of anilines is 2. The molecular formula is C14H23N5. The minimum atomic E-state index is 0.891. The van der Waals surface area contributed by atoms with E-state index in [-0.39, 0.29) is 0 Å². The maximum Gasteiger partial charge on any atom is 0.227 e. The van der Waals surface area contributed by atoms with Crippen LogP contribution in [-0.2, 0) is 13.0 Å². The molecule has 0 spiro atoms. The van der Waals surface area contributed by atoms with Gasteiger partial charge >= 0.3 is 0 Å². The normalized spacial score (nSPS) is 18.5. The molecule has 104 valence electrons. The summed E-state index contributed by atoms with van der Waals surface area (Å²) in [6.07, 6.45) is 4.66. The van der Waals surface area contributed by atoms with Gasteiger partial charge in [0, 0.05) is 44.7 Å². The molecule has 5 nitrogen and oxygen atoms in total. The van der Waals surface area contributed by atoms with Gasteiger partial charge in [-0.05, 0) is 19.3 Å². The maximum absolute atomic E-state index is 4.80. The number of fused-ring (bicyclic) bond motifs is 1. The van der Waals surface area contributed by atoms with E-state index in [0.29, 0.717) is 0 Å². The molecule has 1 fully saturated rings. The molecule has 0 unspecified atom stereocenters. The van der Waals surface area contributed by atoms with Crippen LogP contribution in [-0.4, -0.2) is 36.1 Å². The molecule has 5 heteroatoms. The van der Waals surface area contributed by atoms with Crippen molar-refractivity contribution in [1.82, 2.24) is 15.3 Å². The highest BCUT2D eigenvalue weighted by Gasteiger charge is 2.21. The van der Waals surface area contributed by atoms with Gasteiger partial charge < -0.3 is 15.5 Å². The summed E-state index contributed by atoms with van der Waals surface area (Å²) in [4.78, 5) is 11.9. The number of aromatic nitrogens is 2. The monoisotopic (exact) mass is 261 g/mol. The molecule has 1 saturated heterocycles. The smallest absolute Gasteiger partial charge is 0.227 e. The van der Waals surface area contributed by atoms with Gasteiger partial charge in [0.2, 0.25) is 5.95 Å². The highest BCUT2D eigenvalue weighted by molar-refractivity contribution is 5.52. The lowest BCUT2D eigenvalue weighted by atomic mass is 10.1. The second-order valence-corrected chi connectivity index (χ2v) is 5.35. The molecule has 0 atom stereocenters. The van der Waals surface area contributed by atoms with Crippen LogP contribution in [0.25, 0.3) is 0 Å². The molecular weight excluding hydrogens is 238 g/mol. The highest BCUT2D eigenvalue weighted by Crippen LogP contribution is 2.25. The Bertz CT molecular complexity index is 440. The van der Waals surface area contributed by atoms with Gasteiger partial charge in [0.05, 0.1) is 5.69 Å². The van der Waals surface area contributed by atoms with E-state index >= 15 is 0 Å². The van der Waals surface area contributed by atoms with E-state index in [2.05, 4.69) is 22.5 Å². The van der Waals surface area contributed by atoms with Crippen LogP contribution in [0.1, 0.15) is 37.4 Å². The third-order valence-electron chi connectivity index (χ3n) is 3.85. The van der Waals surface area contributed by atoms with Gasteiger partial charge in [-0.15, -0.1) is 0 Å². The van der Waals surface area contributed by atoms with Gasteiger partial charge in [0.15, 0.2) is 0 Å². The molecule has 3 rings (SSSR count). The fraction of sp³-hybridized carbons (Fsp3) is 0.714. The topological polar surface area (TPSA) is 53.1 Å². The summed E-state index contributed by atoms with van der Waals surface area (Å²) in [6.45, 7) is 7.27. The Morgan fingerprint density at radius 3 is 2.89 bits per heavy atom. The third kappa shape index (κ3) is 2.66. The van der Waals surface area contributed by atoms with Crippen molar-refractivity contribution in [2.75, 3.05) is 36.4 Å². The predicted octanol–water partition coefficient (Wildman–Crippen LogP) is 1.54. The van der Waals surface area contributed by atoms with E-state index in [4.69, 9.17) is 9.97 Å². The summed E-state index contributed by atoms with van der Waals surface area (Å²) in [7, 11) is 0. The Hall–Kier alpha value is -1.36. The number of nitrogens with zero attached hydrogens (tertiary/aromatic N) is 3. The van der Waals surface area contributed by atoms with E-state index < -0.39 is 0 Å². The van der Waals surface area contributed by atoms with Crippen molar-refractivity contribution in [3.63, 3.8) is 0 Å². The van der Waals surface area contributed by atoms with Gasteiger partial charge in [0.1, 0.15) is 5.82 Å². The summed E-state index contributed by atoms with van der Waals surface area (Å²) in [5.41, 5.74) is 2.50. The lowest BCUT2D eigenvalue weighted by Gasteiger charge is -2.23. The molecule has 3 heterocycles. The van der Waals surface area contributed by atoms with Crippen molar-refractivity contribution in [3.05, 3.63) is 11.3 Å². The first kappa shape index (κ1) is 12.7. The zero-order valence-corrected chi connectivity index (χ0v) is 11.7. The molecule has 0 saturated carbocycles. The molecule has 2 aliphatic rings. The SMILES string of the molecule is CCCNc1nc(N2CCCC2)nc2c1CNCC2. The minimum Gasteiger partial charge on any atom is -0.370 e. The van der Waals surface area contributed by atoms with E-state index in [1.807, 2.05) is 0 Å². The summed E-state index contributed by atoms with van der Waals surface area (Å²) < 4.78 is 0. The number of nitrogens with one attached hydrogen (secondary N) is 2. The Morgan fingerprint density at radius 1 is 1.26 bits per heavy atom. The summed E-state index contributed by atoms with van der Waals surface area (Å²) in [5, 5.41) is 6.88. The van der Waals surface area contributed by atoms with Crippen LogP contribution < -0.4 is 15.5 Å². The quantitative estimate of drug-likeness (QED) is 0.861. The van der Waals surface area contributed by atoms with Crippen molar-refractivity contribution in [2.24, 2.45) is 0 Å². The molecule has 1 aromatic heterocycles. The minimum absolute atomic E-state index is 0.891. The zero-order chi connectivity index (χ0) is 13.1. The number of rotatable bonds is 4. The van der Waals surface area contributed by atoms with Gasteiger partial charge in [-0.1, -0.05) is 6.92 Å². The molecule has 19 heavy (non-hydrogen) atoms. The fourth-order valence-corrected chi connectivity index (χ4v) is 2.78. The summed E-state index contributed by atoms with van der Waals surface area (Å²) in [5.74, 6) is 1.97. The maximum atomic E-state index is 4.80. The van der Waals surface area contributed by atoms with Crippen molar-refractivity contribution < 1.29 is 0 Å². The van der Waals surface area contributed by atoms with Crippen LogP contribution in [0, 0.1) is 0 Å². The first-order valence-corrected chi connectivity index (χ1v) is 7.48. The average Bonchev–Trinajstić information content (AvgIpc) is 2.98. The van der Waals surface area contributed by atoms with Crippen LogP contribution in [0.5, 0.6) is 0 Å². The zero-order valence-electron chi connectivity index (χ0n) is 11.7.